The number of hydrogen-bond acceptors (Lipinski definition) is 6. The summed E-state index contributed by atoms with van der Waals surface area (Å²) >= 11 is 3.11. The van der Waals surface area contributed by atoms with Crippen LogP contribution in [0, 0.1) is 0 Å². The number of aromatic nitrogens is 1. The van der Waals surface area contributed by atoms with Gasteiger partial charge in [0.15, 0.2) is 0 Å². The first kappa shape index (κ1) is 16.3. The van der Waals surface area contributed by atoms with Crippen molar-refractivity contribution in [3.63, 3.8) is 0 Å². The third kappa shape index (κ3) is 3.44. The Bertz CT molecular complexity index is 875. The summed E-state index contributed by atoms with van der Waals surface area (Å²) < 4.78 is 0. The van der Waals surface area contributed by atoms with Crippen LogP contribution in [0.25, 0.3) is 9.88 Å². The molecule has 0 aliphatic carbocycles. The van der Waals surface area contributed by atoms with Crippen molar-refractivity contribution >= 4 is 40.0 Å². The van der Waals surface area contributed by atoms with E-state index < -0.39 is 0 Å². The number of nitrogens with one attached hydrogen (secondary N) is 1. The molecule has 0 radical (unpaired) electrons. The fraction of sp³-hybridized carbons (Fsp3) is 0.222. The highest BCUT2D eigenvalue weighted by atomic mass is 32.1. The van der Waals surface area contributed by atoms with Gasteiger partial charge in [0.1, 0.15) is 10.7 Å². The first-order valence-electron chi connectivity index (χ1n) is 8.11. The second-order valence-electron chi connectivity index (χ2n) is 5.98. The van der Waals surface area contributed by atoms with E-state index in [4.69, 9.17) is 5.73 Å². The molecule has 4 rings (SSSR count). The number of nitrogens with zero attached hydrogens (tertiary/aromatic N) is 2. The third-order valence-electron chi connectivity index (χ3n) is 4.19. The van der Waals surface area contributed by atoms with Gasteiger partial charge in [0, 0.05) is 24.5 Å². The summed E-state index contributed by atoms with van der Waals surface area (Å²) in [4.78, 5) is 20.4. The quantitative estimate of drug-likeness (QED) is 0.735. The molecule has 7 heteroatoms. The van der Waals surface area contributed by atoms with Gasteiger partial charge in [-0.2, -0.15) is 0 Å². The number of thiophene rings is 1. The second kappa shape index (κ2) is 6.95. The number of para-hydroxylation sites is 2. The summed E-state index contributed by atoms with van der Waals surface area (Å²) in [7, 11) is 0. The maximum Gasteiger partial charge on any atom is 0.275 e. The first-order chi connectivity index (χ1) is 12.2. The molecule has 1 amide bonds. The maximum absolute atomic E-state index is 12.6. The fourth-order valence-corrected chi connectivity index (χ4v) is 4.55. The topological polar surface area (TPSA) is 71.2 Å². The van der Waals surface area contributed by atoms with Crippen molar-refractivity contribution in [2.75, 3.05) is 23.3 Å². The van der Waals surface area contributed by atoms with Gasteiger partial charge in [0.25, 0.3) is 5.91 Å². The van der Waals surface area contributed by atoms with Crippen LogP contribution < -0.4 is 16.0 Å². The van der Waals surface area contributed by atoms with Crippen LogP contribution in [0.15, 0.2) is 47.2 Å². The number of benzene rings is 1. The number of carbonyl (C=O) groups excluding carboxylic acids is 1. The maximum atomic E-state index is 12.6. The fourth-order valence-electron chi connectivity index (χ4n) is 2.94. The van der Waals surface area contributed by atoms with Gasteiger partial charge in [-0.15, -0.1) is 22.7 Å². The standard InChI is InChI=1S/C18H18N4OS2/c19-12-7-8-22(10-12)15-5-2-1-4-13(15)20-17(23)14-11-25-18(21-14)16-6-3-9-24-16/h1-6,9,11-12H,7-8,10,19H2,(H,20,23)/t12-/m1/s1. The van der Waals surface area contributed by atoms with Gasteiger partial charge in [-0.25, -0.2) is 4.98 Å². The first-order valence-corrected chi connectivity index (χ1v) is 9.87. The lowest BCUT2D eigenvalue weighted by atomic mass is 10.2. The second-order valence-corrected chi connectivity index (χ2v) is 7.79. The molecular formula is C18H18N4OS2. The molecule has 3 N–H and O–H groups in total. The predicted octanol–water partition coefficient (Wildman–Crippen LogP) is 3.66. The van der Waals surface area contributed by atoms with E-state index in [9.17, 15) is 4.79 Å². The molecule has 1 aliphatic heterocycles. The molecule has 1 fully saturated rings. The lowest BCUT2D eigenvalue weighted by Gasteiger charge is -2.21. The van der Waals surface area contributed by atoms with Crippen LogP contribution in [-0.4, -0.2) is 30.0 Å². The van der Waals surface area contributed by atoms with Crippen LogP contribution in [0.1, 0.15) is 16.9 Å². The summed E-state index contributed by atoms with van der Waals surface area (Å²) in [6.45, 7) is 1.72. The largest absolute Gasteiger partial charge is 0.368 e. The summed E-state index contributed by atoms with van der Waals surface area (Å²) in [6.07, 6.45) is 0.971. The number of rotatable bonds is 4. The third-order valence-corrected chi connectivity index (χ3v) is 6.07. The molecule has 3 aromatic rings. The molecule has 25 heavy (non-hydrogen) atoms. The Balaban J connectivity index is 1.53. The molecule has 5 nitrogen and oxygen atoms in total. The van der Waals surface area contributed by atoms with Crippen molar-refractivity contribution < 1.29 is 4.79 Å². The highest BCUT2D eigenvalue weighted by molar-refractivity contribution is 7.20. The van der Waals surface area contributed by atoms with Crippen LogP contribution in [0.4, 0.5) is 11.4 Å². The Labute approximate surface area is 154 Å². The van der Waals surface area contributed by atoms with Crippen LogP contribution in [0.3, 0.4) is 0 Å². The zero-order chi connectivity index (χ0) is 17.2. The average molecular weight is 371 g/mol. The van der Waals surface area contributed by atoms with Crippen molar-refractivity contribution in [3.05, 3.63) is 52.9 Å². The van der Waals surface area contributed by atoms with Crippen molar-refractivity contribution in [2.45, 2.75) is 12.5 Å². The number of anilines is 2. The molecule has 1 atom stereocenters. The zero-order valence-electron chi connectivity index (χ0n) is 13.5. The molecule has 2 aromatic heterocycles. The van der Waals surface area contributed by atoms with Crippen LogP contribution >= 0.6 is 22.7 Å². The van der Waals surface area contributed by atoms with E-state index in [0.29, 0.717) is 5.69 Å². The number of amides is 1. The van der Waals surface area contributed by atoms with Crippen molar-refractivity contribution in [3.8, 4) is 9.88 Å². The van der Waals surface area contributed by atoms with Crippen LogP contribution in [-0.2, 0) is 0 Å². The van der Waals surface area contributed by atoms with Gasteiger partial charge in [-0.1, -0.05) is 18.2 Å². The minimum absolute atomic E-state index is 0.185. The minimum Gasteiger partial charge on any atom is -0.368 e. The molecule has 128 valence electrons. The van der Waals surface area contributed by atoms with E-state index in [1.807, 2.05) is 41.8 Å². The highest BCUT2D eigenvalue weighted by Gasteiger charge is 2.22. The van der Waals surface area contributed by atoms with Gasteiger partial charge < -0.3 is 16.0 Å². The Hall–Kier alpha value is -2.22. The van der Waals surface area contributed by atoms with Crippen molar-refractivity contribution in [2.24, 2.45) is 5.73 Å². The smallest absolute Gasteiger partial charge is 0.275 e. The molecule has 1 aromatic carbocycles. The van der Waals surface area contributed by atoms with Gasteiger partial charge >= 0.3 is 0 Å². The van der Waals surface area contributed by atoms with Gasteiger partial charge in [-0.3, -0.25) is 4.79 Å². The predicted molar refractivity (Wildman–Crippen MR) is 105 cm³/mol. The van der Waals surface area contributed by atoms with E-state index >= 15 is 0 Å². The minimum atomic E-state index is -0.185. The number of hydrogen-bond donors (Lipinski definition) is 2. The van der Waals surface area contributed by atoms with E-state index in [0.717, 1.165) is 40.8 Å². The monoisotopic (exact) mass is 370 g/mol. The molecular weight excluding hydrogens is 352 g/mol. The molecule has 3 heterocycles. The van der Waals surface area contributed by atoms with Crippen LogP contribution in [0.2, 0.25) is 0 Å². The van der Waals surface area contributed by atoms with Crippen molar-refractivity contribution in [1.29, 1.82) is 0 Å². The summed E-state index contributed by atoms with van der Waals surface area (Å²) in [6, 6.07) is 12.0. The molecule has 0 spiro atoms. The summed E-state index contributed by atoms with van der Waals surface area (Å²) in [5, 5.41) is 7.69. The number of thiazole rings is 1. The lowest BCUT2D eigenvalue weighted by Crippen LogP contribution is -2.27. The highest BCUT2D eigenvalue weighted by Crippen LogP contribution is 2.30. The Morgan fingerprint density at radius 2 is 2.12 bits per heavy atom. The van der Waals surface area contributed by atoms with E-state index in [2.05, 4.69) is 15.2 Å². The SMILES string of the molecule is N[C@@H]1CCN(c2ccccc2NC(=O)c2csc(-c3cccs3)n2)C1. The summed E-state index contributed by atoms with van der Waals surface area (Å²) in [5.74, 6) is -0.185. The van der Waals surface area contributed by atoms with Crippen molar-refractivity contribution in [1.82, 2.24) is 4.98 Å². The lowest BCUT2D eigenvalue weighted by molar-refractivity contribution is 0.102. The van der Waals surface area contributed by atoms with Gasteiger partial charge in [-0.05, 0) is 30.0 Å². The zero-order valence-corrected chi connectivity index (χ0v) is 15.1. The Morgan fingerprint density at radius 1 is 1.24 bits per heavy atom. The molecule has 0 saturated carbocycles. The Morgan fingerprint density at radius 3 is 2.88 bits per heavy atom. The van der Waals surface area contributed by atoms with E-state index in [1.165, 1.54) is 11.3 Å². The number of nitrogens with two attached hydrogens (primary N) is 1. The Kier molecular flexibility index (Phi) is 4.52. The van der Waals surface area contributed by atoms with Gasteiger partial charge in [0.2, 0.25) is 0 Å². The van der Waals surface area contributed by atoms with Crippen LogP contribution in [0.5, 0.6) is 0 Å². The summed E-state index contributed by atoms with van der Waals surface area (Å²) in [5.41, 5.74) is 8.27. The van der Waals surface area contributed by atoms with E-state index in [-0.39, 0.29) is 11.9 Å². The van der Waals surface area contributed by atoms with Gasteiger partial charge in [0.05, 0.1) is 16.3 Å². The molecule has 0 unspecified atom stereocenters. The van der Waals surface area contributed by atoms with E-state index in [1.54, 1.807) is 16.7 Å². The average Bonchev–Trinajstić information content (AvgIpc) is 3.36. The number of carbonyl (C=O) groups is 1. The molecule has 1 saturated heterocycles. The molecule has 0 bridgehead atoms. The normalized spacial score (nSPS) is 17.0. The molecule has 1 aliphatic rings.